The van der Waals surface area contributed by atoms with Gasteiger partial charge in [0.2, 0.25) is 5.91 Å². The zero-order chi connectivity index (χ0) is 23.4. The molecule has 1 fully saturated rings. The third kappa shape index (κ3) is 4.87. The van der Waals surface area contributed by atoms with Crippen LogP contribution in [0.4, 0.5) is 10.6 Å². The summed E-state index contributed by atoms with van der Waals surface area (Å²) >= 11 is 0. The molecule has 1 atom stereocenters. The van der Waals surface area contributed by atoms with Crippen LogP contribution in [-0.4, -0.2) is 56.8 Å². The van der Waals surface area contributed by atoms with Crippen molar-refractivity contribution in [2.45, 2.75) is 25.8 Å². The van der Waals surface area contributed by atoms with Crippen molar-refractivity contribution < 1.29 is 19.5 Å². The number of aromatic nitrogens is 2. The van der Waals surface area contributed by atoms with Crippen molar-refractivity contribution in [1.29, 1.82) is 0 Å². The van der Waals surface area contributed by atoms with E-state index in [2.05, 4.69) is 34.8 Å². The molecule has 2 aromatic carbocycles. The van der Waals surface area contributed by atoms with Crippen LogP contribution in [0.2, 0.25) is 0 Å². The highest BCUT2D eigenvalue weighted by Gasteiger charge is 2.37. The fourth-order valence-electron chi connectivity index (χ4n) is 3.90. The smallest absolute Gasteiger partial charge is 0.323 e. The van der Waals surface area contributed by atoms with Crippen LogP contribution in [0, 0.1) is 0 Å². The second-order valence-corrected chi connectivity index (χ2v) is 7.83. The Morgan fingerprint density at radius 2 is 1.94 bits per heavy atom. The molecule has 0 spiro atoms. The van der Waals surface area contributed by atoms with Gasteiger partial charge in [0.15, 0.2) is 5.82 Å². The maximum atomic E-state index is 12.9. The molecule has 3 amide bonds. The molecule has 170 valence electrons. The number of rotatable bonds is 8. The number of aryl methyl sites for hydroxylation is 1. The molecule has 2 heterocycles. The number of carbonyl (C=O) groups is 3. The zero-order valence-corrected chi connectivity index (χ0v) is 18.2. The van der Waals surface area contributed by atoms with Crippen molar-refractivity contribution in [2.75, 3.05) is 18.4 Å². The first-order valence-corrected chi connectivity index (χ1v) is 10.8. The number of hydrogen-bond donors (Lipinski definition) is 3. The first-order valence-electron chi connectivity index (χ1n) is 10.8. The quantitative estimate of drug-likeness (QED) is 0.491. The second kappa shape index (κ2) is 9.56. The van der Waals surface area contributed by atoms with E-state index < -0.39 is 30.5 Å². The number of anilines is 1. The van der Waals surface area contributed by atoms with Crippen LogP contribution in [0.25, 0.3) is 16.9 Å². The number of aliphatic carboxylic acids is 1. The number of carbonyl (C=O) groups excluding carboxylic acids is 2. The number of nitrogens with one attached hydrogen (secondary N) is 2. The number of nitrogens with zero attached hydrogens (tertiary/aromatic N) is 3. The number of benzene rings is 2. The first-order chi connectivity index (χ1) is 16.0. The summed E-state index contributed by atoms with van der Waals surface area (Å²) in [6.45, 7) is 1.60. The minimum absolute atomic E-state index is 0.0310. The lowest BCUT2D eigenvalue weighted by molar-refractivity contribution is -0.138. The summed E-state index contributed by atoms with van der Waals surface area (Å²) in [4.78, 5) is 36.9. The van der Waals surface area contributed by atoms with Crippen molar-refractivity contribution in [3.63, 3.8) is 0 Å². The van der Waals surface area contributed by atoms with Gasteiger partial charge in [-0.3, -0.25) is 14.5 Å². The average Bonchev–Trinajstić information content (AvgIpc) is 3.38. The van der Waals surface area contributed by atoms with Gasteiger partial charge in [0.05, 0.1) is 11.4 Å². The van der Waals surface area contributed by atoms with E-state index in [4.69, 9.17) is 5.11 Å². The molecule has 0 bridgehead atoms. The fourth-order valence-corrected chi connectivity index (χ4v) is 3.90. The van der Waals surface area contributed by atoms with Gasteiger partial charge in [-0.1, -0.05) is 49.7 Å². The van der Waals surface area contributed by atoms with Crippen LogP contribution in [0.3, 0.4) is 0 Å². The van der Waals surface area contributed by atoms with Crippen LogP contribution < -0.4 is 10.6 Å². The Bertz CT molecular complexity index is 1170. The third-order valence-electron chi connectivity index (χ3n) is 5.41. The predicted octanol–water partition coefficient (Wildman–Crippen LogP) is 2.91. The van der Waals surface area contributed by atoms with Crippen LogP contribution in [0.1, 0.15) is 18.9 Å². The minimum Gasteiger partial charge on any atom is -0.480 e. The number of amides is 3. The largest absolute Gasteiger partial charge is 0.480 e. The summed E-state index contributed by atoms with van der Waals surface area (Å²) in [6.07, 6.45) is 1.99. The number of carboxylic acids is 1. The number of carboxylic acid groups (broad SMARTS) is 1. The van der Waals surface area contributed by atoms with Gasteiger partial charge in [0.1, 0.15) is 12.6 Å². The summed E-state index contributed by atoms with van der Waals surface area (Å²) < 4.78 is 1.76. The third-order valence-corrected chi connectivity index (χ3v) is 5.41. The maximum Gasteiger partial charge on any atom is 0.323 e. The van der Waals surface area contributed by atoms with Crippen LogP contribution in [-0.2, 0) is 16.0 Å². The lowest BCUT2D eigenvalue weighted by Crippen LogP contribution is -2.45. The average molecular weight is 447 g/mol. The number of para-hydroxylation sites is 1. The Balaban J connectivity index is 1.66. The first kappa shape index (κ1) is 22.1. The van der Waals surface area contributed by atoms with E-state index >= 15 is 0 Å². The molecular formula is C24H25N5O4. The van der Waals surface area contributed by atoms with Crippen LogP contribution in [0.5, 0.6) is 0 Å². The van der Waals surface area contributed by atoms with Gasteiger partial charge >= 0.3 is 12.0 Å². The molecule has 1 aromatic heterocycles. The predicted molar refractivity (Wildman–Crippen MR) is 123 cm³/mol. The van der Waals surface area contributed by atoms with Crippen molar-refractivity contribution in [1.82, 2.24) is 20.0 Å². The molecule has 3 N–H and O–H groups in total. The molecule has 0 radical (unpaired) electrons. The van der Waals surface area contributed by atoms with Crippen molar-refractivity contribution in [3.8, 4) is 16.9 Å². The number of urea groups is 1. The SMILES string of the molecule is CCCc1cccc(-c2cc(NC(=O)[C@H]3CNC(=O)N3CC(=O)O)nn2-c2ccccc2)c1. The summed E-state index contributed by atoms with van der Waals surface area (Å²) in [5, 5.41) is 18.9. The Hall–Kier alpha value is -4.14. The molecule has 33 heavy (non-hydrogen) atoms. The van der Waals surface area contributed by atoms with E-state index in [1.54, 1.807) is 10.7 Å². The Labute approximate surface area is 191 Å². The van der Waals surface area contributed by atoms with Gasteiger partial charge in [-0.05, 0) is 30.2 Å². The highest BCUT2D eigenvalue weighted by Crippen LogP contribution is 2.27. The van der Waals surface area contributed by atoms with Gasteiger partial charge in [0, 0.05) is 18.2 Å². The molecule has 0 saturated carbocycles. The molecule has 3 aromatic rings. The minimum atomic E-state index is -1.19. The molecule has 1 aliphatic heterocycles. The molecule has 1 aliphatic rings. The summed E-state index contributed by atoms with van der Waals surface area (Å²) in [5.74, 6) is -1.37. The molecule has 0 aliphatic carbocycles. The van der Waals surface area contributed by atoms with Crippen LogP contribution >= 0.6 is 0 Å². The maximum absolute atomic E-state index is 12.9. The second-order valence-electron chi connectivity index (χ2n) is 7.83. The molecule has 9 heteroatoms. The lowest BCUT2D eigenvalue weighted by Gasteiger charge is -2.19. The van der Waals surface area contributed by atoms with Gasteiger partial charge in [-0.15, -0.1) is 5.10 Å². The standard InChI is InChI=1S/C24H25N5O4/c1-2-7-16-8-6-9-17(12-16)19-13-21(27-29(19)18-10-4-3-5-11-18)26-23(32)20-14-25-24(33)28(20)15-22(30)31/h3-6,8-13,20H,2,7,14-15H2,1H3,(H,25,33)(H,30,31)(H,26,27,32)/t20-/m1/s1. The molecule has 9 nitrogen and oxygen atoms in total. The van der Waals surface area contributed by atoms with E-state index in [-0.39, 0.29) is 6.54 Å². The Morgan fingerprint density at radius 1 is 1.15 bits per heavy atom. The van der Waals surface area contributed by atoms with Gasteiger partial charge in [0.25, 0.3) is 0 Å². The van der Waals surface area contributed by atoms with Crippen molar-refractivity contribution in [3.05, 3.63) is 66.2 Å². The normalized spacial score (nSPS) is 15.4. The van der Waals surface area contributed by atoms with E-state index in [1.807, 2.05) is 42.5 Å². The highest BCUT2D eigenvalue weighted by atomic mass is 16.4. The van der Waals surface area contributed by atoms with E-state index in [1.165, 1.54) is 5.56 Å². The lowest BCUT2D eigenvalue weighted by atomic mass is 10.0. The van der Waals surface area contributed by atoms with E-state index in [9.17, 15) is 14.4 Å². The van der Waals surface area contributed by atoms with E-state index in [0.29, 0.717) is 5.82 Å². The van der Waals surface area contributed by atoms with Gasteiger partial charge in [-0.25, -0.2) is 9.48 Å². The van der Waals surface area contributed by atoms with E-state index in [0.717, 1.165) is 34.7 Å². The summed E-state index contributed by atoms with van der Waals surface area (Å²) in [7, 11) is 0. The Kier molecular flexibility index (Phi) is 6.39. The van der Waals surface area contributed by atoms with Crippen LogP contribution in [0.15, 0.2) is 60.7 Å². The summed E-state index contributed by atoms with van der Waals surface area (Å²) in [5.41, 5.74) is 3.81. The topological polar surface area (TPSA) is 117 Å². The fraction of sp³-hybridized carbons (Fsp3) is 0.250. The van der Waals surface area contributed by atoms with Crippen molar-refractivity contribution in [2.24, 2.45) is 0 Å². The monoisotopic (exact) mass is 447 g/mol. The molecule has 4 rings (SSSR count). The Morgan fingerprint density at radius 3 is 2.67 bits per heavy atom. The molecular weight excluding hydrogens is 422 g/mol. The zero-order valence-electron chi connectivity index (χ0n) is 18.2. The highest BCUT2D eigenvalue weighted by molar-refractivity contribution is 5.99. The summed E-state index contributed by atoms with van der Waals surface area (Å²) in [6, 6.07) is 18.0. The molecule has 1 saturated heterocycles. The van der Waals surface area contributed by atoms with Gasteiger partial charge < -0.3 is 15.7 Å². The van der Waals surface area contributed by atoms with Gasteiger partial charge in [-0.2, -0.15) is 0 Å². The van der Waals surface area contributed by atoms with Crippen molar-refractivity contribution >= 4 is 23.7 Å². The molecule has 0 unspecified atom stereocenters. The number of hydrogen-bond acceptors (Lipinski definition) is 4.